The fourth-order valence-electron chi connectivity index (χ4n) is 3.12. The van der Waals surface area contributed by atoms with Gasteiger partial charge in [0.1, 0.15) is 5.75 Å². The Hall–Kier alpha value is -2.24. The van der Waals surface area contributed by atoms with Gasteiger partial charge in [-0.3, -0.25) is 4.79 Å². The third kappa shape index (κ3) is 6.64. The Morgan fingerprint density at radius 2 is 1.96 bits per heavy atom. The van der Waals surface area contributed by atoms with Gasteiger partial charge in [0.2, 0.25) is 5.91 Å². The zero-order valence-corrected chi connectivity index (χ0v) is 15.0. The minimum absolute atomic E-state index is 0.142. The second-order valence-electron chi connectivity index (χ2n) is 6.71. The highest BCUT2D eigenvalue weighted by Gasteiger charge is 2.16. The summed E-state index contributed by atoms with van der Waals surface area (Å²) in [5.74, 6) is 0.871. The number of urea groups is 1. The Labute approximate surface area is 149 Å². The average Bonchev–Trinajstić information content (AvgIpc) is 2.61. The molecule has 0 spiro atoms. The van der Waals surface area contributed by atoms with Gasteiger partial charge in [0, 0.05) is 13.6 Å². The largest absolute Gasteiger partial charge is 0.491 e. The number of primary amides is 1. The van der Waals surface area contributed by atoms with Crippen molar-refractivity contribution in [3.8, 4) is 5.75 Å². The molecule has 1 fully saturated rings. The molecular formula is C19H29N3O3. The summed E-state index contributed by atoms with van der Waals surface area (Å²) in [5.41, 5.74) is 5.71. The van der Waals surface area contributed by atoms with E-state index in [9.17, 15) is 9.59 Å². The zero-order chi connectivity index (χ0) is 18.1. The molecule has 0 atom stereocenters. The lowest BCUT2D eigenvalue weighted by Crippen LogP contribution is -2.33. The maximum absolute atomic E-state index is 12.4. The van der Waals surface area contributed by atoms with Crippen LogP contribution in [0.25, 0.3) is 0 Å². The molecule has 0 heterocycles. The van der Waals surface area contributed by atoms with E-state index in [1.54, 1.807) is 17.0 Å². The first-order chi connectivity index (χ1) is 12.1. The van der Waals surface area contributed by atoms with Crippen molar-refractivity contribution in [2.75, 3.05) is 25.5 Å². The lowest BCUT2D eigenvalue weighted by atomic mass is 9.87. The number of para-hydroxylation sites is 2. The fraction of sp³-hybridized carbons (Fsp3) is 0.579. The molecule has 0 aromatic heterocycles. The molecule has 1 aliphatic carbocycles. The van der Waals surface area contributed by atoms with Gasteiger partial charge in [0.05, 0.1) is 18.7 Å². The van der Waals surface area contributed by atoms with Crippen molar-refractivity contribution >= 4 is 17.6 Å². The molecule has 2 rings (SSSR count). The standard InChI is InChI=1S/C19H29N3O3/c1-22(13-11-15-7-3-2-4-8-15)19(24)21-16-9-5-6-10-17(16)25-14-12-18(20)23/h5-6,9-10,15H,2-4,7-8,11-14H2,1H3,(H2,20,23)(H,21,24). The predicted molar refractivity (Wildman–Crippen MR) is 98.6 cm³/mol. The summed E-state index contributed by atoms with van der Waals surface area (Å²) in [6.45, 7) is 0.945. The second-order valence-corrected chi connectivity index (χ2v) is 6.71. The molecule has 0 aliphatic heterocycles. The average molecular weight is 347 g/mol. The number of hydrogen-bond donors (Lipinski definition) is 2. The molecule has 3 N–H and O–H groups in total. The minimum atomic E-state index is -0.413. The molecule has 6 heteroatoms. The SMILES string of the molecule is CN(CCC1CCCCC1)C(=O)Nc1ccccc1OCCC(N)=O. The van der Waals surface area contributed by atoms with Gasteiger partial charge in [-0.1, -0.05) is 44.2 Å². The van der Waals surface area contributed by atoms with Gasteiger partial charge >= 0.3 is 6.03 Å². The lowest BCUT2D eigenvalue weighted by Gasteiger charge is -2.25. The van der Waals surface area contributed by atoms with E-state index in [0.29, 0.717) is 11.4 Å². The number of carbonyl (C=O) groups excluding carboxylic acids is 2. The highest BCUT2D eigenvalue weighted by Crippen LogP contribution is 2.27. The molecule has 138 valence electrons. The highest BCUT2D eigenvalue weighted by atomic mass is 16.5. The second kappa shape index (κ2) is 9.91. The summed E-state index contributed by atoms with van der Waals surface area (Å²) in [6.07, 6.45) is 7.74. The van der Waals surface area contributed by atoms with E-state index in [1.165, 1.54) is 32.1 Å². The van der Waals surface area contributed by atoms with E-state index in [4.69, 9.17) is 10.5 Å². The molecule has 0 saturated heterocycles. The smallest absolute Gasteiger partial charge is 0.321 e. The van der Waals surface area contributed by atoms with Gasteiger partial charge in [-0.15, -0.1) is 0 Å². The lowest BCUT2D eigenvalue weighted by molar-refractivity contribution is -0.118. The van der Waals surface area contributed by atoms with Crippen molar-refractivity contribution in [3.63, 3.8) is 0 Å². The molecule has 3 amide bonds. The summed E-state index contributed by atoms with van der Waals surface area (Å²) in [7, 11) is 1.81. The number of ether oxygens (including phenoxy) is 1. The number of rotatable bonds is 8. The fourth-order valence-corrected chi connectivity index (χ4v) is 3.12. The number of nitrogens with one attached hydrogen (secondary N) is 1. The van der Waals surface area contributed by atoms with Crippen molar-refractivity contribution in [1.82, 2.24) is 4.90 Å². The number of amides is 3. The normalized spacial score (nSPS) is 14.8. The van der Waals surface area contributed by atoms with E-state index < -0.39 is 5.91 Å². The van der Waals surface area contributed by atoms with Crippen molar-refractivity contribution < 1.29 is 14.3 Å². The molecule has 1 aromatic rings. The van der Waals surface area contributed by atoms with Gasteiger partial charge in [0.15, 0.2) is 0 Å². The molecule has 1 aromatic carbocycles. The Morgan fingerprint density at radius 1 is 1.24 bits per heavy atom. The monoisotopic (exact) mass is 347 g/mol. The predicted octanol–water partition coefficient (Wildman–Crippen LogP) is 3.37. The molecule has 0 bridgehead atoms. The van der Waals surface area contributed by atoms with Gasteiger partial charge in [0.25, 0.3) is 0 Å². The van der Waals surface area contributed by atoms with Crippen molar-refractivity contribution in [2.45, 2.75) is 44.9 Å². The van der Waals surface area contributed by atoms with Crippen LogP contribution in [0.4, 0.5) is 10.5 Å². The minimum Gasteiger partial charge on any atom is -0.491 e. The summed E-state index contributed by atoms with van der Waals surface area (Å²) >= 11 is 0. The Balaban J connectivity index is 1.83. The summed E-state index contributed by atoms with van der Waals surface area (Å²) in [4.78, 5) is 24.9. The van der Waals surface area contributed by atoms with E-state index in [-0.39, 0.29) is 19.1 Å². The Bertz CT molecular complexity index is 571. The highest BCUT2D eigenvalue weighted by molar-refractivity contribution is 5.90. The first-order valence-corrected chi connectivity index (χ1v) is 9.08. The molecule has 6 nitrogen and oxygen atoms in total. The van der Waals surface area contributed by atoms with Crippen LogP contribution in [0, 0.1) is 5.92 Å². The van der Waals surface area contributed by atoms with Gasteiger partial charge in [-0.25, -0.2) is 4.79 Å². The number of anilines is 1. The van der Waals surface area contributed by atoms with Crippen LogP contribution in [0.2, 0.25) is 0 Å². The van der Waals surface area contributed by atoms with Crippen molar-refractivity contribution in [2.24, 2.45) is 11.7 Å². The molecule has 0 radical (unpaired) electrons. The third-order valence-electron chi connectivity index (χ3n) is 4.68. The summed E-state index contributed by atoms with van der Waals surface area (Å²) in [6, 6.07) is 7.05. The van der Waals surface area contributed by atoms with Gasteiger partial charge in [-0.05, 0) is 24.5 Å². The molecular weight excluding hydrogens is 318 g/mol. The number of nitrogens with two attached hydrogens (primary N) is 1. The van der Waals surface area contributed by atoms with Crippen LogP contribution in [-0.2, 0) is 4.79 Å². The van der Waals surface area contributed by atoms with E-state index >= 15 is 0 Å². The third-order valence-corrected chi connectivity index (χ3v) is 4.68. The quantitative estimate of drug-likeness (QED) is 0.756. The van der Waals surface area contributed by atoms with E-state index in [1.807, 2.05) is 19.2 Å². The van der Waals surface area contributed by atoms with E-state index in [0.717, 1.165) is 18.9 Å². The van der Waals surface area contributed by atoms with Crippen LogP contribution in [0.1, 0.15) is 44.9 Å². The Morgan fingerprint density at radius 3 is 2.68 bits per heavy atom. The first kappa shape index (κ1) is 19.1. The van der Waals surface area contributed by atoms with Crippen LogP contribution < -0.4 is 15.8 Å². The van der Waals surface area contributed by atoms with Gasteiger partial charge in [-0.2, -0.15) is 0 Å². The van der Waals surface area contributed by atoms with Crippen LogP contribution in [0.15, 0.2) is 24.3 Å². The van der Waals surface area contributed by atoms with Crippen molar-refractivity contribution in [1.29, 1.82) is 0 Å². The van der Waals surface area contributed by atoms with Crippen LogP contribution in [0.5, 0.6) is 5.75 Å². The number of nitrogens with zero attached hydrogens (tertiary/aromatic N) is 1. The number of benzene rings is 1. The number of hydrogen-bond acceptors (Lipinski definition) is 3. The van der Waals surface area contributed by atoms with Crippen molar-refractivity contribution in [3.05, 3.63) is 24.3 Å². The first-order valence-electron chi connectivity index (χ1n) is 9.08. The van der Waals surface area contributed by atoms with E-state index in [2.05, 4.69) is 5.32 Å². The molecule has 0 unspecified atom stereocenters. The maximum atomic E-state index is 12.4. The maximum Gasteiger partial charge on any atom is 0.321 e. The summed E-state index contributed by atoms with van der Waals surface area (Å²) < 4.78 is 5.55. The molecule has 1 aliphatic rings. The van der Waals surface area contributed by atoms with Crippen LogP contribution in [-0.4, -0.2) is 37.0 Å². The Kier molecular flexibility index (Phi) is 7.57. The molecule has 25 heavy (non-hydrogen) atoms. The zero-order valence-electron chi connectivity index (χ0n) is 15.0. The summed E-state index contributed by atoms with van der Waals surface area (Å²) in [5, 5.41) is 2.88. The van der Waals surface area contributed by atoms with Crippen LogP contribution >= 0.6 is 0 Å². The van der Waals surface area contributed by atoms with Gasteiger partial charge < -0.3 is 20.7 Å². The topological polar surface area (TPSA) is 84.7 Å². The number of carbonyl (C=O) groups is 2. The van der Waals surface area contributed by atoms with Crippen LogP contribution in [0.3, 0.4) is 0 Å². The molecule has 1 saturated carbocycles.